The van der Waals surface area contributed by atoms with E-state index in [1.54, 1.807) is 18.9 Å². The molecule has 5 heteroatoms. The fourth-order valence-electron chi connectivity index (χ4n) is 12.2. The van der Waals surface area contributed by atoms with Crippen molar-refractivity contribution in [1.29, 1.82) is 0 Å². The van der Waals surface area contributed by atoms with Gasteiger partial charge in [-0.1, -0.05) is 125 Å². The van der Waals surface area contributed by atoms with E-state index < -0.39 is 5.60 Å². The lowest BCUT2D eigenvalue weighted by Crippen LogP contribution is -2.38. The van der Waals surface area contributed by atoms with Gasteiger partial charge >= 0.3 is 0 Å². The Balaban J connectivity index is 1.22. The average molecular weight is 868 g/mol. The Bertz CT molecular complexity index is 2710. The largest absolute Gasteiger partial charge is 0.497 e. The van der Waals surface area contributed by atoms with Crippen LogP contribution in [0.15, 0.2) is 119 Å². The summed E-state index contributed by atoms with van der Waals surface area (Å²) >= 11 is 1.80. The van der Waals surface area contributed by atoms with Crippen molar-refractivity contribution < 1.29 is 14.2 Å². The molecule has 4 nitrogen and oxygen atoms in total. The Kier molecular flexibility index (Phi) is 11.2. The number of fused-ring (bicyclic) bond motifs is 10. The first kappa shape index (κ1) is 42.8. The van der Waals surface area contributed by atoms with Crippen LogP contribution in [0.25, 0.3) is 28.0 Å². The van der Waals surface area contributed by atoms with Gasteiger partial charge in [0, 0.05) is 51.2 Å². The SMILES string of the molecule is CCC1(CC)CCC2(CC1)c1ccccc1-c1c2c2c(c3cc(Sc4c(C)cccc4C)c(OC)cc13)OC(c1ccc(OC)cc1)(c1ccc(N3C[C@H](C)CC[C@H](C)C3)cc1)C=C2. The van der Waals surface area contributed by atoms with Crippen molar-refractivity contribution in [2.24, 2.45) is 17.3 Å². The van der Waals surface area contributed by atoms with Gasteiger partial charge in [0.15, 0.2) is 5.60 Å². The molecular formula is C59H65NO3S. The predicted molar refractivity (Wildman–Crippen MR) is 268 cm³/mol. The van der Waals surface area contributed by atoms with Crippen molar-refractivity contribution in [3.05, 3.63) is 148 Å². The van der Waals surface area contributed by atoms with Crippen LogP contribution in [-0.2, 0) is 11.0 Å². The summed E-state index contributed by atoms with van der Waals surface area (Å²) < 4.78 is 20.1. The maximum atomic E-state index is 7.99. The lowest BCUT2D eigenvalue weighted by molar-refractivity contribution is 0.132. The average Bonchev–Trinajstić information content (AvgIpc) is 3.49. The van der Waals surface area contributed by atoms with Crippen molar-refractivity contribution in [1.82, 2.24) is 0 Å². The molecule has 64 heavy (non-hydrogen) atoms. The number of hydrogen-bond acceptors (Lipinski definition) is 5. The molecule has 2 fully saturated rings. The quantitative estimate of drug-likeness (QED) is 0.144. The first-order valence-electron chi connectivity index (χ1n) is 24.0. The van der Waals surface area contributed by atoms with Gasteiger partial charge < -0.3 is 19.1 Å². The lowest BCUT2D eigenvalue weighted by atomic mass is 9.58. The Morgan fingerprint density at radius 2 is 1.36 bits per heavy atom. The number of methoxy groups -OCH3 is 2. The summed E-state index contributed by atoms with van der Waals surface area (Å²) in [4.78, 5) is 4.95. The van der Waals surface area contributed by atoms with E-state index in [0.717, 1.165) is 64.6 Å². The predicted octanol–water partition coefficient (Wildman–Crippen LogP) is 15.5. The first-order valence-corrected chi connectivity index (χ1v) is 24.8. The smallest absolute Gasteiger partial charge is 0.178 e. The minimum absolute atomic E-state index is 0.117. The van der Waals surface area contributed by atoms with E-state index in [1.165, 1.54) is 93.4 Å². The van der Waals surface area contributed by atoms with Crippen LogP contribution in [0.3, 0.4) is 0 Å². The van der Waals surface area contributed by atoms with Gasteiger partial charge in [-0.3, -0.25) is 0 Å². The normalized spacial score (nSPS) is 21.8. The van der Waals surface area contributed by atoms with E-state index in [-0.39, 0.29) is 5.41 Å². The molecule has 3 atom stereocenters. The Hall–Kier alpha value is -5.13. The maximum Gasteiger partial charge on any atom is 0.178 e. The van der Waals surface area contributed by atoms with E-state index in [1.807, 2.05) is 7.11 Å². The van der Waals surface area contributed by atoms with Crippen LogP contribution < -0.4 is 19.1 Å². The summed E-state index contributed by atoms with van der Waals surface area (Å²) in [6, 6.07) is 38.4. The van der Waals surface area contributed by atoms with E-state index in [9.17, 15) is 0 Å². The highest BCUT2D eigenvalue weighted by atomic mass is 32.2. The van der Waals surface area contributed by atoms with Crippen molar-refractivity contribution >= 4 is 34.3 Å². The van der Waals surface area contributed by atoms with Crippen LogP contribution in [0.5, 0.6) is 17.2 Å². The number of benzene rings is 6. The molecule has 10 rings (SSSR count). The van der Waals surface area contributed by atoms with Gasteiger partial charge in [0.2, 0.25) is 0 Å². The molecule has 2 aliphatic heterocycles. The van der Waals surface area contributed by atoms with Crippen LogP contribution >= 0.6 is 11.8 Å². The summed E-state index contributed by atoms with van der Waals surface area (Å²) in [5, 5.41) is 2.32. The number of rotatable bonds is 9. The van der Waals surface area contributed by atoms with Gasteiger partial charge in [-0.15, -0.1) is 0 Å². The molecule has 1 saturated heterocycles. The number of hydrogen-bond donors (Lipinski definition) is 0. The highest BCUT2D eigenvalue weighted by molar-refractivity contribution is 7.99. The van der Waals surface area contributed by atoms with E-state index in [4.69, 9.17) is 14.2 Å². The monoisotopic (exact) mass is 867 g/mol. The van der Waals surface area contributed by atoms with Gasteiger partial charge in [0.25, 0.3) is 0 Å². The zero-order valence-corrected chi connectivity index (χ0v) is 40.1. The van der Waals surface area contributed by atoms with Gasteiger partial charge in [0.05, 0.1) is 19.1 Å². The molecule has 0 aromatic heterocycles. The molecule has 6 aromatic carbocycles. The molecule has 2 heterocycles. The van der Waals surface area contributed by atoms with Crippen LogP contribution in [-0.4, -0.2) is 27.3 Å². The van der Waals surface area contributed by atoms with Crippen molar-refractivity contribution in [3.63, 3.8) is 0 Å². The second-order valence-corrected chi connectivity index (χ2v) is 20.9. The van der Waals surface area contributed by atoms with Gasteiger partial charge in [-0.25, -0.2) is 0 Å². The third-order valence-electron chi connectivity index (χ3n) is 16.2. The third-order valence-corrected chi connectivity index (χ3v) is 17.6. The summed E-state index contributed by atoms with van der Waals surface area (Å²) in [7, 11) is 3.56. The molecule has 1 spiro atoms. The van der Waals surface area contributed by atoms with E-state index in [0.29, 0.717) is 17.3 Å². The fraction of sp³-hybridized carbons (Fsp3) is 0.390. The molecule has 0 N–H and O–H groups in total. The van der Waals surface area contributed by atoms with Crippen LogP contribution in [0.4, 0.5) is 5.69 Å². The summed E-state index contributed by atoms with van der Waals surface area (Å²) in [6.07, 6.45) is 14.5. The second-order valence-electron chi connectivity index (χ2n) is 19.8. The number of anilines is 1. The zero-order valence-electron chi connectivity index (χ0n) is 39.3. The Morgan fingerprint density at radius 3 is 1.98 bits per heavy atom. The molecule has 330 valence electrons. The van der Waals surface area contributed by atoms with Gasteiger partial charge in [0.1, 0.15) is 17.2 Å². The van der Waals surface area contributed by atoms with E-state index in [2.05, 4.69) is 162 Å². The van der Waals surface area contributed by atoms with Crippen LogP contribution in [0.1, 0.15) is 118 Å². The summed E-state index contributed by atoms with van der Waals surface area (Å²) in [5.41, 5.74) is 12.2. The zero-order chi connectivity index (χ0) is 44.4. The van der Waals surface area contributed by atoms with Crippen molar-refractivity contribution in [3.8, 4) is 28.4 Å². The fourth-order valence-corrected chi connectivity index (χ4v) is 13.3. The number of nitrogens with zero attached hydrogens (tertiary/aromatic N) is 1. The summed E-state index contributed by atoms with van der Waals surface area (Å²) in [6.45, 7) is 16.2. The first-order chi connectivity index (χ1) is 31.1. The molecule has 4 aliphatic rings. The molecule has 2 aliphatic carbocycles. The number of aryl methyl sites for hydroxylation is 2. The molecule has 1 unspecified atom stereocenters. The lowest BCUT2D eigenvalue weighted by Gasteiger charge is -2.47. The molecule has 1 saturated carbocycles. The number of ether oxygens (including phenoxy) is 3. The summed E-state index contributed by atoms with van der Waals surface area (Å²) in [5.74, 6) is 4.01. The molecular weight excluding hydrogens is 803 g/mol. The van der Waals surface area contributed by atoms with Gasteiger partial charge in [-0.2, -0.15) is 0 Å². The maximum absolute atomic E-state index is 7.99. The van der Waals surface area contributed by atoms with E-state index >= 15 is 0 Å². The molecule has 0 bridgehead atoms. The molecule has 6 aromatic rings. The standard InChI is InChI=1S/C59H65NO3S/c1-9-57(10-2)30-32-58(33-31-57)50-17-12-11-16-46(50)53-48-34-51(62-8)52(64-56-40(5)14-13-15-41(56)6)35-49(48)55-47(54(53)58)28-29-59(63-55,43-22-26-45(61-7)27-23-43)42-20-24-44(25-21-42)60-36-38(3)18-19-39(4)37-60/h11-17,20-29,34-35,38-39H,9-10,18-19,30-33,36-37H2,1-8H3/t38-,39+,59?. The van der Waals surface area contributed by atoms with Gasteiger partial charge in [-0.05, 0) is 151 Å². The highest BCUT2D eigenvalue weighted by Gasteiger charge is 2.52. The highest BCUT2D eigenvalue weighted by Crippen LogP contribution is 2.65. The molecule has 0 radical (unpaired) electrons. The van der Waals surface area contributed by atoms with Crippen molar-refractivity contribution in [2.45, 2.75) is 114 Å². The Labute approximate surface area is 386 Å². The second kappa shape index (κ2) is 16.7. The Morgan fingerprint density at radius 1 is 0.719 bits per heavy atom. The molecule has 0 amide bonds. The third kappa shape index (κ3) is 6.95. The minimum Gasteiger partial charge on any atom is -0.497 e. The van der Waals surface area contributed by atoms with Crippen molar-refractivity contribution in [2.75, 3.05) is 32.2 Å². The topological polar surface area (TPSA) is 30.9 Å². The van der Waals surface area contributed by atoms with Crippen LogP contribution in [0, 0.1) is 31.1 Å². The van der Waals surface area contributed by atoms with Crippen LogP contribution in [0.2, 0.25) is 0 Å². The minimum atomic E-state index is -0.900.